The van der Waals surface area contributed by atoms with Crippen LogP contribution in [0.3, 0.4) is 0 Å². The van der Waals surface area contributed by atoms with E-state index in [9.17, 15) is 0 Å². The van der Waals surface area contributed by atoms with Crippen LogP contribution in [-0.2, 0) is 5.41 Å². The van der Waals surface area contributed by atoms with Crippen molar-refractivity contribution in [3.8, 4) is 5.75 Å². The summed E-state index contributed by atoms with van der Waals surface area (Å²) in [6, 6.07) is 6.47. The van der Waals surface area contributed by atoms with E-state index in [0.717, 1.165) is 18.8 Å². The molecule has 0 spiro atoms. The topological polar surface area (TPSA) is 21.3 Å². The number of rotatable bonds is 3. The first-order chi connectivity index (χ1) is 8.23. The van der Waals surface area contributed by atoms with E-state index >= 15 is 0 Å². The SMILES string of the molecule is CCC1(c2cccc(OC)c2C)CCNCC1. The predicted octanol–water partition coefficient (Wildman–Crippen LogP) is 3.03. The Balaban J connectivity index is 2.43. The van der Waals surface area contributed by atoms with Crippen LogP contribution in [0.4, 0.5) is 0 Å². The summed E-state index contributed by atoms with van der Waals surface area (Å²) in [7, 11) is 1.76. The van der Waals surface area contributed by atoms with Gasteiger partial charge in [-0.3, -0.25) is 0 Å². The lowest BCUT2D eigenvalue weighted by Crippen LogP contribution is -2.39. The minimum Gasteiger partial charge on any atom is -0.496 e. The maximum Gasteiger partial charge on any atom is 0.122 e. The minimum absolute atomic E-state index is 0.351. The van der Waals surface area contributed by atoms with Crippen molar-refractivity contribution in [3.63, 3.8) is 0 Å². The maximum atomic E-state index is 5.45. The van der Waals surface area contributed by atoms with Crippen LogP contribution in [-0.4, -0.2) is 20.2 Å². The number of ether oxygens (including phenoxy) is 1. The summed E-state index contributed by atoms with van der Waals surface area (Å²) in [6.45, 7) is 6.76. The van der Waals surface area contributed by atoms with E-state index < -0.39 is 0 Å². The molecular weight excluding hydrogens is 210 g/mol. The van der Waals surface area contributed by atoms with Crippen molar-refractivity contribution in [2.45, 2.75) is 38.5 Å². The Morgan fingerprint density at radius 2 is 2.00 bits per heavy atom. The number of hydrogen-bond acceptors (Lipinski definition) is 2. The van der Waals surface area contributed by atoms with Crippen LogP contribution in [0.5, 0.6) is 5.75 Å². The molecule has 1 saturated heterocycles. The first-order valence-corrected chi connectivity index (χ1v) is 6.58. The van der Waals surface area contributed by atoms with Crippen LogP contribution < -0.4 is 10.1 Å². The summed E-state index contributed by atoms with van der Waals surface area (Å²) >= 11 is 0. The van der Waals surface area contributed by atoms with Crippen molar-refractivity contribution in [2.75, 3.05) is 20.2 Å². The van der Waals surface area contributed by atoms with Gasteiger partial charge in [-0.25, -0.2) is 0 Å². The smallest absolute Gasteiger partial charge is 0.122 e. The van der Waals surface area contributed by atoms with Gasteiger partial charge in [-0.05, 0) is 61.9 Å². The molecule has 17 heavy (non-hydrogen) atoms. The molecule has 1 aliphatic heterocycles. The van der Waals surface area contributed by atoms with Crippen LogP contribution in [0.15, 0.2) is 18.2 Å². The Bertz CT molecular complexity index is 381. The molecule has 0 aromatic heterocycles. The Morgan fingerprint density at radius 1 is 1.29 bits per heavy atom. The lowest BCUT2D eigenvalue weighted by atomic mass is 9.70. The van der Waals surface area contributed by atoms with E-state index in [1.165, 1.54) is 30.4 Å². The van der Waals surface area contributed by atoms with Gasteiger partial charge in [-0.1, -0.05) is 19.1 Å². The summed E-state index contributed by atoms with van der Waals surface area (Å²) in [5, 5.41) is 3.46. The predicted molar refractivity (Wildman–Crippen MR) is 71.8 cm³/mol. The highest BCUT2D eigenvalue weighted by Gasteiger charge is 2.33. The highest BCUT2D eigenvalue weighted by Crippen LogP contribution is 2.40. The number of hydrogen-bond donors (Lipinski definition) is 1. The fourth-order valence-electron chi connectivity index (χ4n) is 3.13. The van der Waals surface area contributed by atoms with Gasteiger partial charge in [0.2, 0.25) is 0 Å². The van der Waals surface area contributed by atoms with Gasteiger partial charge in [-0.15, -0.1) is 0 Å². The van der Waals surface area contributed by atoms with Gasteiger partial charge >= 0.3 is 0 Å². The highest BCUT2D eigenvalue weighted by molar-refractivity contribution is 5.43. The van der Waals surface area contributed by atoms with Crippen molar-refractivity contribution in [3.05, 3.63) is 29.3 Å². The summed E-state index contributed by atoms with van der Waals surface area (Å²) in [4.78, 5) is 0. The van der Waals surface area contributed by atoms with Crippen molar-refractivity contribution >= 4 is 0 Å². The minimum atomic E-state index is 0.351. The Hall–Kier alpha value is -1.02. The third-order valence-corrected chi connectivity index (χ3v) is 4.31. The molecule has 0 unspecified atom stereocenters. The van der Waals surface area contributed by atoms with Crippen molar-refractivity contribution in [1.29, 1.82) is 0 Å². The number of benzene rings is 1. The average molecular weight is 233 g/mol. The van der Waals surface area contributed by atoms with E-state index in [4.69, 9.17) is 4.74 Å². The van der Waals surface area contributed by atoms with Crippen molar-refractivity contribution < 1.29 is 4.74 Å². The van der Waals surface area contributed by atoms with E-state index in [-0.39, 0.29) is 0 Å². The van der Waals surface area contributed by atoms with Gasteiger partial charge in [0.1, 0.15) is 5.75 Å². The molecule has 2 heteroatoms. The van der Waals surface area contributed by atoms with Crippen LogP contribution in [0, 0.1) is 6.92 Å². The van der Waals surface area contributed by atoms with Crippen LogP contribution in [0.2, 0.25) is 0 Å². The molecule has 2 rings (SSSR count). The molecule has 94 valence electrons. The zero-order valence-electron chi connectivity index (χ0n) is 11.2. The third kappa shape index (κ3) is 2.19. The summed E-state index contributed by atoms with van der Waals surface area (Å²) in [5.74, 6) is 1.02. The van der Waals surface area contributed by atoms with Gasteiger partial charge in [-0.2, -0.15) is 0 Å². The molecule has 1 heterocycles. The fourth-order valence-corrected chi connectivity index (χ4v) is 3.13. The molecule has 0 aliphatic carbocycles. The van der Waals surface area contributed by atoms with Gasteiger partial charge in [0, 0.05) is 0 Å². The summed E-state index contributed by atoms with van der Waals surface area (Å²) < 4.78 is 5.45. The monoisotopic (exact) mass is 233 g/mol. The van der Waals surface area contributed by atoms with Gasteiger partial charge < -0.3 is 10.1 Å². The Kier molecular flexibility index (Phi) is 3.72. The van der Waals surface area contributed by atoms with Gasteiger partial charge in [0.15, 0.2) is 0 Å². The molecular formula is C15H23NO. The molecule has 1 aliphatic rings. The number of piperidine rings is 1. The molecule has 0 amide bonds. The van der Waals surface area contributed by atoms with Crippen LogP contribution >= 0.6 is 0 Å². The normalized spacial score (nSPS) is 19.0. The Morgan fingerprint density at radius 3 is 2.59 bits per heavy atom. The van der Waals surface area contributed by atoms with Crippen LogP contribution in [0.1, 0.15) is 37.3 Å². The highest BCUT2D eigenvalue weighted by atomic mass is 16.5. The lowest BCUT2D eigenvalue weighted by molar-refractivity contribution is 0.295. The first kappa shape index (κ1) is 12.4. The molecule has 1 aromatic rings. The molecule has 0 atom stereocenters. The molecule has 1 N–H and O–H groups in total. The number of nitrogens with one attached hydrogen (secondary N) is 1. The van der Waals surface area contributed by atoms with Crippen molar-refractivity contribution in [2.24, 2.45) is 0 Å². The quantitative estimate of drug-likeness (QED) is 0.866. The zero-order chi connectivity index (χ0) is 12.3. The lowest BCUT2D eigenvalue weighted by Gasteiger charge is -2.38. The van der Waals surface area contributed by atoms with Crippen molar-refractivity contribution in [1.82, 2.24) is 5.32 Å². The standard InChI is InChI=1S/C15H23NO/c1-4-15(8-10-16-11-9-15)13-6-5-7-14(17-3)12(13)2/h5-7,16H,4,8-11H2,1-3H3. The van der Waals surface area contributed by atoms with E-state index in [1.54, 1.807) is 7.11 Å². The van der Waals surface area contributed by atoms with E-state index in [2.05, 4.69) is 37.4 Å². The van der Waals surface area contributed by atoms with Crippen LogP contribution in [0.25, 0.3) is 0 Å². The second kappa shape index (κ2) is 5.09. The van der Waals surface area contributed by atoms with E-state index in [0.29, 0.717) is 5.41 Å². The fraction of sp³-hybridized carbons (Fsp3) is 0.600. The maximum absolute atomic E-state index is 5.45. The van der Waals surface area contributed by atoms with Gasteiger partial charge in [0.25, 0.3) is 0 Å². The molecule has 1 aromatic carbocycles. The Labute approximate surface area is 104 Å². The molecule has 0 radical (unpaired) electrons. The molecule has 0 saturated carbocycles. The van der Waals surface area contributed by atoms with Gasteiger partial charge in [0.05, 0.1) is 7.11 Å². The van der Waals surface area contributed by atoms with E-state index in [1.807, 2.05) is 0 Å². The number of methoxy groups -OCH3 is 1. The average Bonchev–Trinajstić information content (AvgIpc) is 2.40. The largest absolute Gasteiger partial charge is 0.496 e. The third-order valence-electron chi connectivity index (χ3n) is 4.31. The second-order valence-corrected chi connectivity index (χ2v) is 5.02. The molecule has 0 bridgehead atoms. The second-order valence-electron chi connectivity index (χ2n) is 5.02. The molecule has 1 fully saturated rings. The summed E-state index contributed by atoms with van der Waals surface area (Å²) in [6.07, 6.45) is 3.68. The first-order valence-electron chi connectivity index (χ1n) is 6.58. The molecule has 2 nitrogen and oxygen atoms in total. The summed E-state index contributed by atoms with van der Waals surface area (Å²) in [5.41, 5.74) is 3.16. The zero-order valence-corrected chi connectivity index (χ0v) is 11.2.